The van der Waals surface area contributed by atoms with Crippen molar-refractivity contribution in [1.82, 2.24) is 9.88 Å². The number of hydrogen-bond donors (Lipinski definition) is 2. The molecule has 0 radical (unpaired) electrons. The summed E-state index contributed by atoms with van der Waals surface area (Å²) in [4.78, 5) is 19.4. The minimum atomic E-state index is 0.0212. The van der Waals surface area contributed by atoms with Gasteiger partial charge in [0.25, 0.3) is 5.91 Å². The highest BCUT2D eigenvalue weighted by Crippen LogP contribution is 2.32. The van der Waals surface area contributed by atoms with Crippen LogP contribution in [0.1, 0.15) is 43.3 Å². The van der Waals surface area contributed by atoms with Gasteiger partial charge in [-0.15, -0.1) is 0 Å². The molecule has 2 rings (SSSR count). The van der Waals surface area contributed by atoms with Gasteiger partial charge in [0.2, 0.25) is 0 Å². The lowest BCUT2D eigenvalue weighted by Gasteiger charge is -2.22. The van der Waals surface area contributed by atoms with Crippen molar-refractivity contribution in [2.75, 3.05) is 36.4 Å². The standard InChI is InChI=1S/C14H24N4OS2/c1-4-6-16-13-17-11(15)10(21-13)12(19)18-7-5-14(2,3)20-9-8-18/h4-9,15H2,1-3H3,(H,16,17). The van der Waals surface area contributed by atoms with E-state index in [0.29, 0.717) is 10.7 Å². The highest BCUT2D eigenvalue weighted by molar-refractivity contribution is 8.00. The SMILES string of the molecule is CCCNc1nc(N)c(C(=O)N2CCSC(C)(C)CC2)s1. The Morgan fingerprint density at radius 1 is 1.48 bits per heavy atom. The van der Waals surface area contributed by atoms with Gasteiger partial charge in [0.15, 0.2) is 5.13 Å². The summed E-state index contributed by atoms with van der Waals surface area (Å²) in [7, 11) is 0. The number of aromatic nitrogens is 1. The number of anilines is 2. The normalized spacial score (nSPS) is 18.3. The lowest BCUT2D eigenvalue weighted by atomic mass is 10.1. The fraction of sp³-hybridized carbons (Fsp3) is 0.714. The number of amides is 1. The Labute approximate surface area is 134 Å². The third-order valence-electron chi connectivity index (χ3n) is 3.50. The molecule has 0 bridgehead atoms. The number of thioether (sulfide) groups is 1. The summed E-state index contributed by atoms with van der Waals surface area (Å²) in [6.45, 7) is 8.97. The van der Waals surface area contributed by atoms with Crippen LogP contribution in [0.25, 0.3) is 0 Å². The van der Waals surface area contributed by atoms with Gasteiger partial charge in [-0.05, 0) is 12.8 Å². The van der Waals surface area contributed by atoms with Gasteiger partial charge < -0.3 is 16.0 Å². The van der Waals surface area contributed by atoms with Crippen LogP contribution in [0.3, 0.4) is 0 Å². The molecule has 0 unspecified atom stereocenters. The van der Waals surface area contributed by atoms with E-state index < -0.39 is 0 Å². The first-order valence-corrected chi connectivity index (χ1v) is 9.16. The van der Waals surface area contributed by atoms with Crippen LogP contribution < -0.4 is 11.1 Å². The second-order valence-corrected chi connectivity index (χ2v) is 8.61. The first kappa shape index (κ1) is 16.4. The molecule has 0 aliphatic carbocycles. The maximum Gasteiger partial charge on any atom is 0.267 e. The van der Waals surface area contributed by atoms with Crippen molar-refractivity contribution in [1.29, 1.82) is 0 Å². The van der Waals surface area contributed by atoms with Crippen LogP contribution in [-0.2, 0) is 0 Å². The van der Waals surface area contributed by atoms with E-state index in [0.717, 1.165) is 43.4 Å². The molecule has 1 amide bonds. The van der Waals surface area contributed by atoms with Crippen molar-refractivity contribution in [3.63, 3.8) is 0 Å². The summed E-state index contributed by atoms with van der Waals surface area (Å²) >= 11 is 3.29. The molecule has 0 saturated carbocycles. The van der Waals surface area contributed by atoms with E-state index in [1.54, 1.807) is 0 Å². The fourth-order valence-corrected chi connectivity index (χ4v) is 4.14. The third-order valence-corrected chi connectivity index (χ3v) is 5.89. The highest BCUT2D eigenvalue weighted by atomic mass is 32.2. The molecule has 0 aromatic carbocycles. The van der Waals surface area contributed by atoms with Gasteiger partial charge in [-0.2, -0.15) is 11.8 Å². The van der Waals surface area contributed by atoms with Gasteiger partial charge in [-0.1, -0.05) is 32.1 Å². The Morgan fingerprint density at radius 2 is 2.24 bits per heavy atom. The van der Waals surface area contributed by atoms with Crippen LogP contribution in [0.5, 0.6) is 0 Å². The molecule has 1 aromatic heterocycles. The van der Waals surface area contributed by atoms with Crippen molar-refractivity contribution >= 4 is 40.0 Å². The molecule has 7 heteroatoms. The van der Waals surface area contributed by atoms with Crippen LogP contribution in [0.4, 0.5) is 10.9 Å². The number of nitrogens with one attached hydrogen (secondary N) is 1. The van der Waals surface area contributed by atoms with Gasteiger partial charge in [-0.25, -0.2) is 4.98 Å². The van der Waals surface area contributed by atoms with Gasteiger partial charge in [0, 0.05) is 30.1 Å². The minimum Gasteiger partial charge on any atom is -0.382 e. The van der Waals surface area contributed by atoms with E-state index in [1.807, 2.05) is 16.7 Å². The fourth-order valence-electron chi connectivity index (χ4n) is 2.16. The molecule has 1 aliphatic heterocycles. The average molecular weight is 329 g/mol. The molecule has 21 heavy (non-hydrogen) atoms. The zero-order valence-corrected chi connectivity index (χ0v) is 14.6. The van der Waals surface area contributed by atoms with Crippen LogP contribution in [0, 0.1) is 0 Å². The van der Waals surface area contributed by atoms with Crippen molar-refractivity contribution in [2.24, 2.45) is 0 Å². The number of nitrogens with two attached hydrogens (primary N) is 1. The van der Waals surface area contributed by atoms with E-state index in [9.17, 15) is 4.79 Å². The van der Waals surface area contributed by atoms with Crippen molar-refractivity contribution < 1.29 is 4.79 Å². The van der Waals surface area contributed by atoms with Gasteiger partial charge in [0.1, 0.15) is 10.7 Å². The molecule has 0 spiro atoms. The zero-order chi connectivity index (χ0) is 15.5. The molecule has 1 aliphatic rings. The van der Waals surface area contributed by atoms with Crippen molar-refractivity contribution in [3.8, 4) is 0 Å². The number of carbonyl (C=O) groups is 1. The number of thiazole rings is 1. The second kappa shape index (κ2) is 6.87. The maximum atomic E-state index is 12.7. The summed E-state index contributed by atoms with van der Waals surface area (Å²) in [5.41, 5.74) is 5.92. The van der Waals surface area contributed by atoms with Crippen LogP contribution in [-0.4, -0.2) is 45.9 Å². The molecule has 5 nitrogen and oxygen atoms in total. The monoisotopic (exact) mass is 328 g/mol. The predicted octanol–water partition coefficient (Wildman–Crippen LogP) is 2.90. The maximum absolute atomic E-state index is 12.7. The molecule has 1 fully saturated rings. The number of nitrogen functional groups attached to an aromatic ring is 1. The van der Waals surface area contributed by atoms with Crippen LogP contribution in [0.15, 0.2) is 0 Å². The third kappa shape index (κ3) is 4.26. The summed E-state index contributed by atoms with van der Waals surface area (Å²) < 4.78 is 0.238. The Kier molecular flexibility index (Phi) is 5.37. The van der Waals surface area contributed by atoms with E-state index in [2.05, 4.69) is 31.1 Å². The molecule has 3 N–H and O–H groups in total. The van der Waals surface area contributed by atoms with Crippen molar-refractivity contribution in [2.45, 2.75) is 38.4 Å². The quantitative estimate of drug-likeness (QED) is 0.889. The second-order valence-electron chi connectivity index (χ2n) is 5.81. The molecule has 2 heterocycles. The first-order chi connectivity index (χ1) is 9.93. The van der Waals surface area contributed by atoms with Crippen LogP contribution >= 0.6 is 23.1 Å². The lowest BCUT2D eigenvalue weighted by molar-refractivity contribution is 0.0770. The van der Waals surface area contributed by atoms with Gasteiger partial charge in [-0.3, -0.25) is 4.79 Å². The molecular weight excluding hydrogens is 304 g/mol. The van der Waals surface area contributed by atoms with Crippen molar-refractivity contribution in [3.05, 3.63) is 4.88 Å². The highest BCUT2D eigenvalue weighted by Gasteiger charge is 2.28. The van der Waals surface area contributed by atoms with Crippen LogP contribution in [0.2, 0.25) is 0 Å². The topological polar surface area (TPSA) is 71.2 Å². The van der Waals surface area contributed by atoms with E-state index in [1.165, 1.54) is 11.3 Å². The van der Waals surface area contributed by atoms with Gasteiger partial charge in [0.05, 0.1) is 0 Å². The number of carbonyl (C=O) groups excluding carboxylic acids is 1. The summed E-state index contributed by atoms with van der Waals surface area (Å²) in [6.07, 6.45) is 2.02. The smallest absolute Gasteiger partial charge is 0.267 e. The minimum absolute atomic E-state index is 0.0212. The van der Waals surface area contributed by atoms with E-state index in [4.69, 9.17) is 5.73 Å². The average Bonchev–Trinajstić information content (AvgIpc) is 2.70. The Bertz CT molecular complexity index is 501. The molecule has 1 aromatic rings. The molecule has 0 atom stereocenters. The number of hydrogen-bond acceptors (Lipinski definition) is 6. The molecule has 1 saturated heterocycles. The predicted molar refractivity (Wildman–Crippen MR) is 92.4 cm³/mol. The number of nitrogens with zero attached hydrogens (tertiary/aromatic N) is 2. The van der Waals surface area contributed by atoms with E-state index in [-0.39, 0.29) is 10.7 Å². The summed E-state index contributed by atoms with van der Waals surface area (Å²) in [5, 5.41) is 3.93. The zero-order valence-electron chi connectivity index (χ0n) is 12.9. The lowest BCUT2D eigenvalue weighted by Crippen LogP contribution is -2.33. The molecule has 118 valence electrons. The largest absolute Gasteiger partial charge is 0.382 e. The van der Waals surface area contributed by atoms with Gasteiger partial charge >= 0.3 is 0 Å². The Hall–Kier alpha value is -0.950. The summed E-state index contributed by atoms with van der Waals surface area (Å²) in [6, 6.07) is 0. The Morgan fingerprint density at radius 3 is 2.95 bits per heavy atom. The molecular formula is C14H24N4OS2. The summed E-state index contributed by atoms with van der Waals surface area (Å²) in [5.74, 6) is 1.34. The van der Waals surface area contributed by atoms with E-state index >= 15 is 0 Å². The first-order valence-electron chi connectivity index (χ1n) is 7.36. The Balaban J connectivity index is 2.07. The number of rotatable bonds is 4.